The van der Waals surface area contributed by atoms with Crippen molar-refractivity contribution in [1.82, 2.24) is 9.62 Å². The third-order valence-electron chi connectivity index (χ3n) is 4.09. The molecule has 0 unspecified atom stereocenters. The van der Waals surface area contributed by atoms with E-state index in [2.05, 4.69) is 5.32 Å². The van der Waals surface area contributed by atoms with E-state index < -0.39 is 28.5 Å². The van der Waals surface area contributed by atoms with Crippen molar-refractivity contribution < 1.29 is 17.6 Å². The molecule has 0 spiro atoms. The van der Waals surface area contributed by atoms with Crippen molar-refractivity contribution in [3.05, 3.63) is 65.0 Å². The van der Waals surface area contributed by atoms with Gasteiger partial charge in [0.2, 0.25) is 5.91 Å². The monoisotopic (exact) mass is 393 g/mol. The maximum atomic E-state index is 13.7. The van der Waals surface area contributed by atoms with Crippen LogP contribution in [0.5, 0.6) is 0 Å². The first-order valence-corrected chi connectivity index (χ1v) is 9.80. The Hall–Kier alpha value is -2.45. The molecule has 146 valence electrons. The zero-order valence-electron chi connectivity index (χ0n) is 15.9. The van der Waals surface area contributed by atoms with Crippen LogP contribution in [0.25, 0.3) is 0 Å². The molecule has 0 heterocycles. The number of carbonyl (C=O) groups is 1. The van der Waals surface area contributed by atoms with Crippen molar-refractivity contribution in [1.29, 1.82) is 0 Å². The molecule has 2 aromatic rings. The van der Waals surface area contributed by atoms with Gasteiger partial charge in [0.15, 0.2) is 0 Å². The largest absolute Gasteiger partial charge is 0.350 e. The minimum atomic E-state index is -3.89. The molecule has 0 aliphatic rings. The molecule has 6 nitrogen and oxygen atoms in total. The number of anilines is 1. The Morgan fingerprint density at radius 1 is 1.11 bits per heavy atom. The number of nitrogens with zero attached hydrogens (tertiary/aromatic N) is 2. The molecule has 0 atom stereocenters. The highest BCUT2D eigenvalue weighted by molar-refractivity contribution is 7.90. The van der Waals surface area contributed by atoms with E-state index in [1.165, 1.54) is 20.2 Å². The summed E-state index contributed by atoms with van der Waals surface area (Å²) in [5, 5.41) is 2.58. The van der Waals surface area contributed by atoms with Gasteiger partial charge in [0, 0.05) is 26.2 Å². The molecule has 27 heavy (non-hydrogen) atoms. The van der Waals surface area contributed by atoms with Crippen molar-refractivity contribution in [3.63, 3.8) is 0 Å². The van der Waals surface area contributed by atoms with Gasteiger partial charge in [-0.25, -0.2) is 8.70 Å². The standard InChI is InChI=1S/C19H24FN3O3S/c1-14-9-10-15(2)18(11-14)23(27(25,26)22(3)4)13-19(24)21-12-16-7-5-6-8-17(16)20/h5-11H,12-13H2,1-4H3,(H,21,24). The highest BCUT2D eigenvalue weighted by atomic mass is 32.2. The van der Waals surface area contributed by atoms with E-state index >= 15 is 0 Å². The number of rotatable bonds is 7. The van der Waals surface area contributed by atoms with Crippen molar-refractivity contribution >= 4 is 21.8 Å². The molecule has 2 aromatic carbocycles. The van der Waals surface area contributed by atoms with Gasteiger partial charge in [-0.05, 0) is 37.1 Å². The molecule has 1 amide bonds. The summed E-state index contributed by atoms with van der Waals surface area (Å²) in [4.78, 5) is 12.4. The number of aryl methyl sites for hydroxylation is 2. The van der Waals surface area contributed by atoms with Gasteiger partial charge in [-0.15, -0.1) is 0 Å². The first-order valence-electron chi connectivity index (χ1n) is 8.40. The van der Waals surface area contributed by atoms with Gasteiger partial charge in [0.1, 0.15) is 12.4 Å². The first kappa shape index (κ1) is 20.9. The van der Waals surface area contributed by atoms with Gasteiger partial charge >= 0.3 is 10.2 Å². The molecule has 0 aromatic heterocycles. The Labute approximate surface area is 159 Å². The van der Waals surface area contributed by atoms with Crippen LogP contribution in [0, 0.1) is 19.7 Å². The normalized spacial score (nSPS) is 11.5. The molecule has 0 aliphatic carbocycles. The Morgan fingerprint density at radius 2 is 1.78 bits per heavy atom. The topological polar surface area (TPSA) is 69.7 Å². The van der Waals surface area contributed by atoms with Crippen LogP contribution >= 0.6 is 0 Å². The maximum Gasteiger partial charge on any atom is 0.304 e. The average molecular weight is 393 g/mol. The van der Waals surface area contributed by atoms with Gasteiger partial charge in [-0.1, -0.05) is 30.3 Å². The average Bonchev–Trinajstić information content (AvgIpc) is 2.61. The van der Waals surface area contributed by atoms with Gasteiger partial charge in [-0.3, -0.25) is 4.79 Å². The summed E-state index contributed by atoms with van der Waals surface area (Å²) in [6.07, 6.45) is 0. The number of halogens is 1. The number of hydrogen-bond donors (Lipinski definition) is 1. The van der Waals surface area contributed by atoms with Gasteiger partial charge in [-0.2, -0.15) is 12.7 Å². The lowest BCUT2D eigenvalue weighted by Gasteiger charge is -2.28. The second-order valence-electron chi connectivity index (χ2n) is 6.45. The van der Waals surface area contributed by atoms with E-state index in [4.69, 9.17) is 0 Å². The minimum Gasteiger partial charge on any atom is -0.350 e. The van der Waals surface area contributed by atoms with Crippen LogP contribution in [-0.4, -0.2) is 39.3 Å². The second-order valence-corrected chi connectivity index (χ2v) is 8.52. The summed E-state index contributed by atoms with van der Waals surface area (Å²) >= 11 is 0. The number of hydrogen-bond acceptors (Lipinski definition) is 3. The molecule has 0 aliphatic heterocycles. The Balaban J connectivity index is 2.26. The quantitative estimate of drug-likeness (QED) is 0.785. The predicted octanol–water partition coefficient (Wildman–Crippen LogP) is 2.37. The van der Waals surface area contributed by atoms with Crippen LogP contribution in [0.2, 0.25) is 0 Å². The van der Waals surface area contributed by atoms with Crippen molar-refractivity contribution in [2.75, 3.05) is 24.9 Å². The molecular formula is C19H24FN3O3S. The molecule has 0 saturated heterocycles. The zero-order chi connectivity index (χ0) is 20.2. The molecule has 0 fully saturated rings. The zero-order valence-corrected chi connectivity index (χ0v) is 16.7. The van der Waals surface area contributed by atoms with Crippen molar-refractivity contribution in [3.8, 4) is 0 Å². The lowest BCUT2D eigenvalue weighted by Crippen LogP contribution is -2.46. The molecule has 1 N–H and O–H groups in total. The van der Waals surface area contributed by atoms with Crippen LogP contribution in [0.3, 0.4) is 0 Å². The van der Waals surface area contributed by atoms with E-state index in [9.17, 15) is 17.6 Å². The van der Waals surface area contributed by atoms with E-state index in [-0.39, 0.29) is 6.54 Å². The lowest BCUT2D eigenvalue weighted by atomic mass is 10.1. The smallest absolute Gasteiger partial charge is 0.304 e. The first-order chi connectivity index (χ1) is 12.6. The number of nitrogens with one attached hydrogen (secondary N) is 1. The fourth-order valence-electron chi connectivity index (χ4n) is 2.50. The highest BCUT2D eigenvalue weighted by Crippen LogP contribution is 2.25. The van der Waals surface area contributed by atoms with Crippen LogP contribution in [-0.2, 0) is 21.5 Å². The summed E-state index contributed by atoms with van der Waals surface area (Å²) < 4.78 is 41.4. The van der Waals surface area contributed by atoms with Crippen LogP contribution < -0.4 is 9.62 Å². The van der Waals surface area contributed by atoms with E-state index in [0.717, 1.165) is 19.7 Å². The van der Waals surface area contributed by atoms with Crippen molar-refractivity contribution in [2.45, 2.75) is 20.4 Å². The summed E-state index contributed by atoms with van der Waals surface area (Å²) in [5.41, 5.74) is 2.37. The number of carbonyl (C=O) groups excluding carboxylic acids is 1. The minimum absolute atomic E-state index is 0.0197. The van der Waals surface area contributed by atoms with Gasteiger partial charge < -0.3 is 5.32 Å². The van der Waals surface area contributed by atoms with Crippen LogP contribution in [0.1, 0.15) is 16.7 Å². The molecule has 0 radical (unpaired) electrons. The van der Waals surface area contributed by atoms with Crippen LogP contribution in [0.15, 0.2) is 42.5 Å². The van der Waals surface area contributed by atoms with E-state index in [0.29, 0.717) is 11.3 Å². The van der Waals surface area contributed by atoms with Gasteiger partial charge in [0.05, 0.1) is 5.69 Å². The Morgan fingerprint density at radius 3 is 2.41 bits per heavy atom. The third kappa shape index (κ3) is 5.05. The van der Waals surface area contributed by atoms with E-state index in [1.54, 1.807) is 37.3 Å². The lowest BCUT2D eigenvalue weighted by molar-refractivity contribution is -0.119. The molecule has 8 heteroatoms. The fourth-order valence-corrected chi connectivity index (χ4v) is 3.62. The summed E-state index contributed by atoms with van der Waals surface area (Å²) in [6, 6.07) is 11.5. The summed E-state index contributed by atoms with van der Waals surface area (Å²) in [5.74, 6) is -0.949. The van der Waals surface area contributed by atoms with Crippen molar-refractivity contribution in [2.24, 2.45) is 0 Å². The maximum absolute atomic E-state index is 13.7. The summed E-state index contributed by atoms with van der Waals surface area (Å²) in [6.45, 7) is 3.21. The number of benzene rings is 2. The third-order valence-corrected chi connectivity index (χ3v) is 5.90. The molecule has 2 rings (SSSR count). The van der Waals surface area contributed by atoms with Crippen LogP contribution in [0.4, 0.5) is 10.1 Å². The highest BCUT2D eigenvalue weighted by Gasteiger charge is 2.28. The molecular weight excluding hydrogens is 369 g/mol. The second kappa shape index (κ2) is 8.49. The SMILES string of the molecule is Cc1ccc(C)c(N(CC(=O)NCc2ccccc2F)S(=O)(=O)N(C)C)c1. The van der Waals surface area contributed by atoms with E-state index in [1.807, 2.05) is 13.0 Å². The predicted molar refractivity (Wildman–Crippen MR) is 104 cm³/mol. The molecule has 0 saturated carbocycles. The fraction of sp³-hybridized carbons (Fsp3) is 0.316. The van der Waals surface area contributed by atoms with Gasteiger partial charge in [0.25, 0.3) is 0 Å². The molecule has 0 bridgehead atoms. The Kier molecular flexibility index (Phi) is 6.56. The summed E-state index contributed by atoms with van der Waals surface area (Å²) in [7, 11) is -1.07. The number of amides is 1. The Bertz CT molecular complexity index is 930.